The molecule has 0 amide bonds. The summed E-state index contributed by atoms with van der Waals surface area (Å²) in [4.78, 5) is 19.5. The lowest BCUT2D eigenvalue weighted by molar-refractivity contribution is 0.161. The van der Waals surface area contributed by atoms with Gasteiger partial charge < -0.3 is 5.73 Å². The molecule has 7 heteroatoms. The van der Waals surface area contributed by atoms with E-state index in [0.29, 0.717) is 10.9 Å². The number of aromatic nitrogens is 3. The number of likely N-dealkylation sites (tertiary alicyclic amines) is 1. The van der Waals surface area contributed by atoms with E-state index in [4.69, 9.17) is 5.73 Å². The molecule has 0 aliphatic carbocycles. The summed E-state index contributed by atoms with van der Waals surface area (Å²) in [6, 6.07) is 1.60. The molecule has 0 bridgehead atoms. The molecule has 1 unspecified atom stereocenters. The largest absolute Gasteiger partial charge is 0.330 e. The number of rotatable bonds is 4. The second-order valence-electron chi connectivity index (χ2n) is 5.34. The van der Waals surface area contributed by atoms with E-state index in [9.17, 15) is 4.79 Å². The smallest absolute Gasteiger partial charge is 0.275 e. The van der Waals surface area contributed by atoms with E-state index in [1.165, 1.54) is 28.7 Å². The number of nitrogens with two attached hydrogens (primary N) is 1. The van der Waals surface area contributed by atoms with E-state index < -0.39 is 0 Å². The minimum absolute atomic E-state index is 0.0956. The van der Waals surface area contributed by atoms with Crippen molar-refractivity contribution in [3.05, 3.63) is 27.6 Å². The normalized spacial score (nSPS) is 20.6. The van der Waals surface area contributed by atoms with Gasteiger partial charge in [0.2, 0.25) is 4.96 Å². The van der Waals surface area contributed by atoms with Gasteiger partial charge in [-0.3, -0.25) is 9.69 Å². The predicted molar refractivity (Wildman–Crippen MR) is 78.8 cm³/mol. The summed E-state index contributed by atoms with van der Waals surface area (Å²) in [6.07, 6.45) is 3.55. The average molecular weight is 293 g/mol. The fraction of sp³-hybridized carbons (Fsp3) is 0.615. The summed E-state index contributed by atoms with van der Waals surface area (Å²) in [7, 11) is 0. The molecule has 1 aliphatic rings. The number of nitrogens with zero attached hydrogens (tertiary/aromatic N) is 4. The van der Waals surface area contributed by atoms with Gasteiger partial charge in [0.05, 0.1) is 5.69 Å². The van der Waals surface area contributed by atoms with Crippen LogP contribution in [0.15, 0.2) is 16.4 Å². The van der Waals surface area contributed by atoms with Crippen molar-refractivity contribution in [2.24, 2.45) is 11.7 Å². The highest BCUT2D eigenvalue weighted by atomic mass is 32.1. The van der Waals surface area contributed by atoms with Crippen LogP contribution in [-0.4, -0.2) is 39.1 Å². The number of hydrogen-bond acceptors (Lipinski definition) is 6. The van der Waals surface area contributed by atoms with Crippen molar-refractivity contribution in [1.29, 1.82) is 0 Å². The second kappa shape index (κ2) is 5.99. The van der Waals surface area contributed by atoms with Gasteiger partial charge in [0.25, 0.3) is 5.56 Å². The second-order valence-corrected chi connectivity index (χ2v) is 6.15. The minimum atomic E-state index is -0.0956. The van der Waals surface area contributed by atoms with Gasteiger partial charge in [-0.1, -0.05) is 11.3 Å². The molecule has 2 aromatic rings. The highest BCUT2D eigenvalue weighted by Gasteiger charge is 2.20. The standard InChI is InChI=1S/C13H19N5OS/c14-4-3-10-2-1-5-17(7-10)8-11-6-12(19)18-13(16-11)20-9-15-18/h6,9-10H,1-5,7-8,14H2. The molecule has 1 fully saturated rings. The molecule has 1 atom stereocenters. The first-order valence-electron chi connectivity index (χ1n) is 7.01. The predicted octanol–water partition coefficient (Wildman–Crippen LogP) is 0.712. The Kier molecular flexibility index (Phi) is 4.09. The van der Waals surface area contributed by atoms with E-state index in [1.807, 2.05) is 0 Å². The van der Waals surface area contributed by atoms with Crippen LogP contribution in [0.2, 0.25) is 0 Å². The lowest BCUT2D eigenvalue weighted by atomic mass is 9.95. The fourth-order valence-corrected chi connectivity index (χ4v) is 3.52. The van der Waals surface area contributed by atoms with Gasteiger partial charge in [0, 0.05) is 19.2 Å². The van der Waals surface area contributed by atoms with Crippen molar-refractivity contribution in [2.75, 3.05) is 19.6 Å². The van der Waals surface area contributed by atoms with Crippen LogP contribution in [0, 0.1) is 5.92 Å². The molecule has 3 heterocycles. The molecular weight excluding hydrogens is 274 g/mol. The average Bonchev–Trinajstić information content (AvgIpc) is 2.88. The molecule has 0 radical (unpaired) electrons. The molecule has 0 spiro atoms. The van der Waals surface area contributed by atoms with E-state index in [2.05, 4.69) is 15.0 Å². The first-order valence-corrected chi connectivity index (χ1v) is 7.89. The van der Waals surface area contributed by atoms with Gasteiger partial charge >= 0.3 is 0 Å². The molecule has 0 saturated carbocycles. The molecule has 2 aromatic heterocycles. The topological polar surface area (TPSA) is 76.5 Å². The van der Waals surface area contributed by atoms with Crippen molar-refractivity contribution >= 4 is 16.3 Å². The summed E-state index contributed by atoms with van der Waals surface area (Å²) in [5.74, 6) is 0.682. The third-order valence-corrected chi connectivity index (χ3v) is 4.48. The Labute approximate surface area is 121 Å². The first-order chi connectivity index (χ1) is 9.76. The van der Waals surface area contributed by atoms with Crippen LogP contribution in [0.1, 0.15) is 25.0 Å². The van der Waals surface area contributed by atoms with Crippen LogP contribution in [0.3, 0.4) is 0 Å². The van der Waals surface area contributed by atoms with Crippen molar-refractivity contribution < 1.29 is 0 Å². The zero-order chi connectivity index (χ0) is 13.9. The number of piperidine rings is 1. The van der Waals surface area contributed by atoms with Crippen LogP contribution in [0.25, 0.3) is 4.96 Å². The van der Waals surface area contributed by atoms with Crippen molar-refractivity contribution in [2.45, 2.75) is 25.8 Å². The molecular formula is C13H19N5OS. The first kappa shape index (κ1) is 13.7. The van der Waals surface area contributed by atoms with E-state index in [-0.39, 0.29) is 5.56 Å². The zero-order valence-corrected chi connectivity index (χ0v) is 12.2. The minimum Gasteiger partial charge on any atom is -0.330 e. The summed E-state index contributed by atoms with van der Waals surface area (Å²) in [5, 5.41) is 3.98. The van der Waals surface area contributed by atoms with Crippen LogP contribution in [0.5, 0.6) is 0 Å². The van der Waals surface area contributed by atoms with Crippen LogP contribution in [0.4, 0.5) is 0 Å². The summed E-state index contributed by atoms with van der Waals surface area (Å²) in [5.41, 5.74) is 8.04. The third kappa shape index (κ3) is 2.89. The number of hydrogen-bond donors (Lipinski definition) is 1. The maximum atomic E-state index is 11.9. The third-order valence-electron chi connectivity index (χ3n) is 3.80. The highest BCUT2D eigenvalue weighted by Crippen LogP contribution is 2.20. The van der Waals surface area contributed by atoms with Crippen molar-refractivity contribution in [1.82, 2.24) is 19.5 Å². The Hall–Kier alpha value is -1.31. The molecule has 20 heavy (non-hydrogen) atoms. The summed E-state index contributed by atoms with van der Waals surface area (Å²) >= 11 is 1.39. The highest BCUT2D eigenvalue weighted by molar-refractivity contribution is 7.14. The van der Waals surface area contributed by atoms with E-state index in [0.717, 1.165) is 38.3 Å². The molecule has 6 nitrogen and oxygen atoms in total. The van der Waals surface area contributed by atoms with Crippen LogP contribution < -0.4 is 11.3 Å². The molecule has 2 N–H and O–H groups in total. The van der Waals surface area contributed by atoms with Crippen LogP contribution in [-0.2, 0) is 6.54 Å². The molecule has 0 aromatic carbocycles. The monoisotopic (exact) mass is 293 g/mol. The number of fused-ring (bicyclic) bond motifs is 1. The van der Waals surface area contributed by atoms with Gasteiger partial charge in [-0.05, 0) is 38.3 Å². The zero-order valence-electron chi connectivity index (χ0n) is 11.4. The van der Waals surface area contributed by atoms with E-state index >= 15 is 0 Å². The summed E-state index contributed by atoms with van der Waals surface area (Å²) in [6.45, 7) is 3.63. The molecule has 3 rings (SSSR count). The van der Waals surface area contributed by atoms with Gasteiger partial charge in [0.15, 0.2) is 0 Å². The summed E-state index contributed by atoms with van der Waals surface area (Å²) < 4.78 is 1.35. The Balaban J connectivity index is 1.73. The van der Waals surface area contributed by atoms with Gasteiger partial charge in [-0.25, -0.2) is 4.98 Å². The Bertz CT molecular complexity index is 635. The SMILES string of the molecule is NCCC1CCCN(Cc2cc(=O)n3ncsc3n2)C1. The Morgan fingerprint density at radius 3 is 3.25 bits per heavy atom. The van der Waals surface area contributed by atoms with Gasteiger partial charge in [-0.2, -0.15) is 9.61 Å². The fourth-order valence-electron chi connectivity index (χ4n) is 2.88. The molecule has 1 aliphatic heterocycles. The molecule has 1 saturated heterocycles. The van der Waals surface area contributed by atoms with E-state index in [1.54, 1.807) is 11.6 Å². The van der Waals surface area contributed by atoms with Crippen LogP contribution >= 0.6 is 11.3 Å². The van der Waals surface area contributed by atoms with Crippen molar-refractivity contribution in [3.8, 4) is 0 Å². The Morgan fingerprint density at radius 1 is 1.50 bits per heavy atom. The molecule has 108 valence electrons. The Morgan fingerprint density at radius 2 is 2.40 bits per heavy atom. The quantitative estimate of drug-likeness (QED) is 0.898. The van der Waals surface area contributed by atoms with Gasteiger partial charge in [0.1, 0.15) is 5.51 Å². The maximum Gasteiger partial charge on any atom is 0.275 e. The maximum absolute atomic E-state index is 11.9. The lowest BCUT2D eigenvalue weighted by Crippen LogP contribution is -2.36. The van der Waals surface area contributed by atoms with Gasteiger partial charge in [-0.15, -0.1) is 0 Å². The lowest BCUT2D eigenvalue weighted by Gasteiger charge is -2.32. The van der Waals surface area contributed by atoms with Crippen molar-refractivity contribution in [3.63, 3.8) is 0 Å².